The van der Waals surface area contributed by atoms with Crippen molar-refractivity contribution in [1.29, 1.82) is 0 Å². The zero-order chi connectivity index (χ0) is 14.8. The summed E-state index contributed by atoms with van der Waals surface area (Å²) in [7, 11) is -3.18. The van der Waals surface area contributed by atoms with Crippen LogP contribution in [0.4, 0.5) is 5.69 Å². The van der Waals surface area contributed by atoms with Gasteiger partial charge in [-0.15, -0.1) is 0 Å². The second-order valence-corrected chi connectivity index (χ2v) is 6.85. The average molecular weight is 315 g/mol. The number of nitrogens with one attached hydrogen (secondary N) is 1. The second-order valence-electron chi connectivity index (χ2n) is 4.65. The lowest BCUT2D eigenvalue weighted by molar-refractivity contribution is 0.0698. The lowest BCUT2D eigenvalue weighted by Crippen LogP contribution is -2.50. The maximum atomic E-state index is 12.3. The van der Waals surface area contributed by atoms with Gasteiger partial charge < -0.3 is 9.62 Å². The minimum absolute atomic E-state index is 0.0939. The number of carbonyl (C=O) groups is 1. The number of thiol groups is 1. The van der Waals surface area contributed by atoms with Gasteiger partial charge in [0.1, 0.15) is 0 Å². The van der Waals surface area contributed by atoms with E-state index >= 15 is 0 Å². The first kappa shape index (κ1) is 15.1. The molecule has 0 unspecified atom stereocenters. The molecule has 1 saturated heterocycles. The van der Waals surface area contributed by atoms with Gasteiger partial charge in [0.25, 0.3) is 5.91 Å². The number of hydrogen-bond acceptors (Lipinski definition) is 5. The Balaban J connectivity index is 2.05. The molecule has 0 bridgehead atoms. The van der Waals surface area contributed by atoms with Gasteiger partial charge in [0.2, 0.25) is 10.0 Å². The summed E-state index contributed by atoms with van der Waals surface area (Å²) >= 11 is 3.95. The standard InChI is InChI=1S/C12H17N3O3S2/c1-20(17,18)15-7-5-14(6-8-15)12(16)10-3-2-4-11(9-10)13-19/h2-4,9,13,19H,5-8H2,1H3. The van der Waals surface area contributed by atoms with E-state index in [0.29, 0.717) is 31.7 Å². The number of benzene rings is 1. The molecule has 8 heteroatoms. The minimum Gasteiger partial charge on any atom is -0.336 e. The highest BCUT2D eigenvalue weighted by molar-refractivity contribution is 7.88. The highest BCUT2D eigenvalue weighted by Crippen LogP contribution is 2.15. The summed E-state index contributed by atoms with van der Waals surface area (Å²) in [6.07, 6.45) is 1.19. The molecule has 1 aliphatic rings. The van der Waals surface area contributed by atoms with E-state index in [4.69, 9.17) is 0 Å². The number of nitrogens with zero attached hydrogens (tertiary/aromatic N) is 2. The molecule has 110 valence electrons. The van der Waals surface area contributed by atoms with E-state index in [2.05, 4.69) is 17.5 Å². The van der Waals surface area contributed by atoms with E-state index in [0.717, 1.165) is 5.69 Å². The van der Waals surface area contributed by atoms with Gasteiger partial charge in [-0.05, 0) is 18.2 Å². The van der Waals surface area contributed by atoms with E-state index < -0.39 is 10.0 Å². The van der Waals surface area contributed by atoms with Gasteiger partial charge in [-0.1, -0.05) is 18.9 Å². The Morgan fingerprint density at radius 2 is 1.90 bits per heavy atom. The molecule has 1 aliphatic heterocycles. The molecular weight excluding hydrogens is 298 g/mol. The quantitative estimate of drug-likeness (QED) is 0.804. The Bertz CT molecular complexity index is 596. The van der Waals surface area contributed by atoms with Gasteiger partial charge in [0.05, 0.1) is 6.26 Å². The molecular formula is C12H17N3O3S2. The Labute approximate surface area is 124 Å². The largest absolute Gasteiger partial charge is 0.336 e. The van der Waals surface area contributed by atoms with Gasteiger partial charge in [0, 0.05) is 37.4 Å². The monoisotopic (exact) mass is 315 g/mol. The maximum Gasteiger partial charge on any atom is 0.254 e. The van der Waals surface area contributed by atoms with Crippen LogP contribution < -0.4 is 4.72 Å². The normalized spacial score (nSPS) is 17.0. The van der Waals surface area contributed by atoms with Gasteiger partial charge in [-0.25, -0.2) is 8.42 Å². The van der Waals surface area contributed by atoms with Gasteiger partial charge >= 0.3 is 0 Å². The average Bonchev–Trinajstić information content (AvgIpc) is 2.46. The fraction of sp³-hybridized carbons (Fsp3) is 0.417. The van der Waals surface area contributed by atoms with Crippen molar-refractivity contribution in [3.05, 3.63) is 29.8 Å². The fourth-order valence-electron chi connectivity index (χ4n) is 2.13. The van der Waals surface area contributed by atoms with Crippen LogP contribution in [-0.4, -0.2) is 56.0 Å². The first-order chi connectivity index (χ1) is 9.41. The van der Waals surface area contributed by atoms with E-state index in [1.165, 1.54) is 10.6 Å². The first-order valence-electron chi connectivity index (χ1n) is 6.16. The van der Waals surface area contributed by atoms with Crippen LogP contribution in [0.15, 0.2) is 24.3 Å². The van der Waals surface area contributed by atoms with E-state index in [-0.39, 0.29) is 5.91 Å². The molecule has 0 spiro atoms. The van der Waals surface area contributed by atoms with Crippen LogP contribution in [0.25, 0.3) is 0 Å². The summed E-state index contributed by atoms with van der Waals surface area (Å²) in [5.41, 5.74) is 1.31. The van der Waals surface area contributed by atoms with Gasteiger partial charge in [0.15, 0.2) is 0 Å². The highest BCUT2D eigenvalue weighted by Gasteiger charge is 2.26. The van der Waals surface area contributed by atoms with Crippen LogP contribution >= 0.6 is 12.8 Å². The summed E-state index contributed by atoms with van der Waals surface area (Å²) in [6, 6.07) is 7.04. The van der Waals surface area contributed by atoms with Crippen molar-refractivity contribution in [2.75, 3.05) is 37.2 Å². The molecule has 1 aromatic carbocycles. The van der Waals surface area contributed by atoms with Crippen LogP contribution in [0.2, 0.25) is 0 Å². The van der Waals surface area contributed by atoms with Crippen LogP contribution in [-0.2, 0) is 10.0 Å². The topological polar surface area (TPSA) is 69.7 Å². The molecule has 0 aromatic heterocycles. The van der Waals surface area contributed by atoms with Crippen LogP contribution in [0, 0.1) is 0 Å². The smallest absolute Gasteiger partial charge is 0.254 e. The first-order valence-corrected chi connectivity index (χ1v) is 8.46. The molecule has 1 heterocycles. The van der Waals surface area contributed by atoms with Gasteiger partial charge in [-0.3, -0.25) is 4.79 Å². The molecule has 0 saturated carbocycles. The van der Waals surface area contributed by atoms with Gasteiger partial charge in [-0.2, -0.15) is 4.31 Å². The summed E-state index contributed by atoms with van der Waals surface area (Å²) in [4.78, 5) is 14.0. The van der Waals surface area contributed by atoms with Crippen molar-refractivity contribution in [1.82, 2.24) is 9.21 Å². The van der Waals surface area contributed by atoms with Crippen molar-refractivity contribution >= 4 is 34.4 Å². The predicted molar refractivity (Wildman–Crippen MR) is 81.4 cm³/mol. The molecule has 1 fully saturated rings. The third-order valence-corrected chi connectivity index (χ3v) is 4.79. The maximum absolute atomic E-state index is 12.3. The summed E-state index contributed by atoms with van der Waals surface area (Å²) in [5.74, 6) is -0.0939. The van der Waals surface area contributed by atoms with Crippen LogP contribution in [0.1, 0.15) is 10.4 Å². The number of piperazine rings is 1. The van der Waals surface area contributed by atoms with E-state index in [1.54, 1.807) is 23.1 Å². The predicted octanol–water partition coefficient (Wildman–Crippen LogP) is 0.661. The third-order valence-electron chi connectivity index (χ3n) is 3.23. The molecule has 20 heavy (non-hydrogen) atoms. The highest BCUT2D eigenvalue weighted by atomic mass is 32.2. The number of sulfonamides is 1. The fourth-order valence-corrected chi connectivity index (χ4v) is 3.09. The molecule has 1 amide bonds. The van der Waals surface area contributed by atoms with Crippen molar-refractivity contribution < 1.29 is 13.2 Å². The Morgan fingerprint density at radius 1 is 1.25 bits per heavy atom. The van der Waals surface area contributed by atoms with E-state index in [9.17, 15) is 13.2 Å². The molecule has 6 nitrogen and oxygen atoms in total. The van der Waals surface area contributed by atoms with Crippen molar-refractivity contribution in [3.8, 4) is 0 Å². The lowest BCUT2D eigenvalue weighted by Gasteiger charge is -2.33. The number of carbonyl (C=O) groups excluding carboxylic acids is 1. The summed E-state index contributed by atoms with van der Waals surface area (Å²) in [6.45, 7) is 1.50. The Kier molecular flexibility index (Phi) is 4.56. The Morgan fingerprint density at radius 3 is 2.45 bits per heavy atom. The molecule has 0 radical (unpaired) electrons. The third kappa shape index (κ3) is 3.44. The number of rotatable bonds is 3. The van der Waals surface area contributed by atoms with Crippen LogP contribution in [0.3, 0.4) is 0 Å². The Hall–Kier alpha value is -1.25. The zero-order valence-electron chi connectivity index (χ0n) is 11.1. The van der Waals surface area contributed by atoms with Crippen molar-refractivity contribution in [2.24, 2.45) is 0 Å². The second kappa shape index (κ2) is 6.02. The van der Waals surface area contributed by atoms with Crippen molar-refractivity contribution in [3.63, 3.8) is 0 Å². The zero-order valence-corrected chi connectivity index (χ0v) is 12.8. The summed E-state index contributed by atoms with van der Waals surface area (Å²) < 4.78 is 26.9. The lowest BCUT2D eigenvalue weighted by atomic mass is 10.1. The number of hydrogen-bond donors (Lipinski definition) is 2. The molecule has 2 rings (SSSR count). The molecule has 1 aromatic rings. The minimum atomic E-state index is -3.18. The van der Waals surface area contributed by atoms with Crippen molar-refractivity contribution in [2.45, 2.75) is 0 Å². The summed E-state index contributed by atoms with van der Waals surface area (Å²) in [5, 5.41) is 0. The van der Waals surface area contributed by atoms with Crippen LogP contribution in [0.5, 0.6) is 0 Å². The molecule has 0 aliphatic carbocycles. The SMILES string of the molecule is CS(=O)(=O)N1CCN(C(=O)c2cccc(NS)c2)CC1. The molecule has 0 atom stereocenters. The number of anilines is 1. The number of amides is 1. The molecule has 1 N–H and O–H groups in total. The van der Waals surface area contributed by atoms with E-state index in [1.807, 2.05) is 6.07 Å².